The van der Waals surface area contributed by atoms with E-state index in [-0.39, 0.29) is 0 Å². The fourth-order valence-electron chi connectivity index (χ4n) is 2.36. The average molecular weight is 274 g/mol. The molecular weight excluding hydrogens is 256 g/mol. The maximum Gasteiger partial charge on any atom is 0.123 e. The summed E-state index contributed by atoms with van der Waals surface area (Å²) in [7, 11) is 0. The Balaban J connectivity index is 1.65. The highest BCUT2D eigenvalue weighted by molar-refractivity contribution is 7.13. The fourth-order valence-corrected chi connectivity index (χ4v) is 3.00. The molecule has 1 unspecified atom stereocenters. The Morgan fingerprint density at radius 3 is 2.84 bits per heavy atom. The lowest BCUT2D eigenvalue weighted by molar-refractivity contribution is 0.144. The van der Waals surface area contributed by atoms with Crippen molar-refractivity contribution in [2.45, 2.75) is 25.3 Å². The van der Waals surface area contributed by atoms with Gasteiger partial charge in [-0.2, -0.15) is 0 Å². The van der Waals surface area contributed by atoms with Gasteiger partial charge in [0.25, 0.3) is 0 Å². The number of ether oxygens (including phenoxy) is 1. The molecule has 2 aromatic rings. The summed E-state index contributed by atoms with van der Waals surface area (Å²) in [5.41, 5.74) is 2.37. The Labute approximate surface area is 117 Å². The van der Waals surface area contributed by atoms with E-state index in [9.17, 15) is 0 Å². The SMILES string of the molecule is c1csc(-c2ccc(NC3CCCOCC3)cc2)n1. The first-order valence-corrected chi connectivity index (χ1v) is 7.64. The molecule has 1 atom stereocenters. The third kappa shape index (κ3) is 3.33. The third-order valence-electron chi connectivity index (χ3n) is 3.39. The molecule has 1 fully saturated rings. The van der Waals surface area contributed by atoms with Crippen LogP contribution in [0.1, 0.15) is 19.3 Å². The molecule has 4 heteroatoms. The normalized spacial score (nSPS) is 19.9. The van der Waals surface area contributed by atoms with Gasteiger partial charge in [-0.3, -0.25) is 0 Å². The van der Waals surface area contributed by atoms with E-state index in [2.05, 4.69) is 34.6 Å². The van der Waals surface area contributed by atoms with Crippen LogP contribution in [-0.2, 0) is 4.74 Å². The second kappa shape index (κ2) is 6.17. The molecule has 0 bridgehead atoms. The van der Waals surface area contributed by atoms with Crippen molar-refractivity contribution < 1.29 is 4.74 Å². The van der Waals surface area contributed by atoms with Crippen molar-refractivity contribution in [3.05, 3.63) is 35.8 Å². The van der Waals surface area contributed by atoms with Gasteiger partial charge in [0.1, 0.15) is 5.01 Å². The standard InChI is InChI=1S/C15H18N2OS/c1-2-13(7-10-18-9-1)17-14-5-3-12(4-6-14)15-16-8-11-19-15/h3-6,8,11,13,17H,1-2,7,9-10H2. The molecule has 0 amide bonds. The van der Waals surface area contributed by atoms with Gasteiger partial charge < -0.3 is 10.1 Å². The molecule has 3 nitrogen and oxygen atoms in total. The highest BCUT2D eigenvalue weighted by Gasteiger charge is 2.12. The van der Waals surface area contributed by atoms with Gasteiger partial charge in [0.05, 0.1) is 0 Å². The zero-order chi connectivity index (χ0) is 12.9. The molecule has 1 aliphatic heterocycles. The van der Waals surface area contributed by atoms with Crippen LogP contribution < -0.4 is 5.32 Å². The topological polar surface area (TPSA) is 34.1 Å². The minimum atomic E-state index is 0.535. The molecule has 1 aromatic carbocycles. The monoisotopic (exact) mass is 274 g/mol. The van der Waals surface area contributed by atoms with Gasteiger partial charge in [0.15, 0.2) is 0 Å². The smallest absolute Gasteiger partial charge is 0.123 e. The largest absolute Gasteiger partial charge is 0.382 e. The number of benzene rings is 1. The van der Waals surface area contributed by atoms with Gasteiger partial charge in [-0.05, 0) is 43.5 Å². The number of hydrogen-bond donors (Lipinski definition) is 1. The summed E-state index contributed by atoms with van der Waals surface area (Å²) in [5.74, 6) is 0. The van der Waals surface area contributed by atoms with E-state index < -0.39 is 0 Å². The molecule has 100 valence electrons. The molecule has 1 aliphatic rings. The number of thiazole rings is 1. The maximum absolute atomic E-state index is 5.48. The lowest BCUT2D eigenvalue weighted by Crippen LogP contribution is -2.19. The molecule has 0 radical (unpaired) electrons. The second-order valence-corrected chi connectivity index (χ2v) is 5.69. The minimum absolute atomic E-state index is 0.535. The molecule has 1 N–H and O–H groups in total. The predicted octanol–water partition coefficient (Wildman–Crippen LogP) is 3.79. The van der Waals surface area contributed by atoms with Crippen LogP contribution in [0.2, 0.25) is 0 Å². The third-order valence-corrected chi connectivity index (χ3v) is 4.21. The van der Waals surface area contributed by atoms with Gasteiger partial charge in [-0.25, -0.2) is 4.98 Å². The van der Waals surface area contributed by atoms with Crippen molar-refractivity contribution in [2.24, 2.45) is 0 Å². The fraction of sp³-hybridized carbons (Fsp3) is 0.400. The number of aromatic nitrogens is 1. The Bertz CT molecular complexity index is 487. The molecular formula is C15H18N2OS. The Morgan fingerprint density at radius 1 is 1.16 bits per heavy atom. The summed E-state index contributed by atoms with van der Waals surface area (Å²) in [6.07, 6.45) is 5.27. The van der Waals surface area contributed by atoms with E-state index in [1.165, 1.54) is 17.7 Å². The maximum atomic E-state index is 5.48. The number of nitrogens with one attached hydrogen (secondary N) is 1. The van der Waals surface area contributed by atoms with Gasteiger partial charge in [0.2, 0.25) is 0 Å². The molecule has 3 rings (SSSR count). The zero-order valence-corrected chi connectivity index (χ0v) is 11.7. The summed E-state index contributed by atoms with van der Waals surface area (Å²) < 4.78 is 5.48. The van der Waals surface area contributed by atoms with Crippen LogP contribution >= 0.6 is 11.3 Å². The van der Waals surface area contributed by atoms with Crippen LogP contribution in [-0.4, -0.2) is 24.2 Å². The van der Waals surface area contributed by atoms with E-state index >= 15 is 0 Å². The van der Waals surface area contributed by atoms with Crippen molar-refractivity contribution in [3.8, 4) is 10.6 Å². The lowest BCUT2D eigenvalue weighted by atomic mass is 10.1. The lowest BCUT2D eigenvalue weighted by Gasteiger charge is -2.17. The van der Waals surface area contributed by atoms with Crippen molar-refractivity contribution in [3.63, 3.8) is 0 Å². The first kappa shape index (κ1) is 12.6. The van der Waals surface area contributed by atoms with Crippen LogP contribution in [0.25, 0.3) is 10.6 Å². The van der Waals surface area contributed by atoms with Crippen molar-refractivity contribution in [2.75, 3.05) is 18.5 Å². The highest BCUT2D eigenvalue weighted by Crippen LogP contribution is 2.24. The van der Waals surface area contributed by atoms with Gasteiger partial charge in [-0.15, -0.1) is 11.3 Å². The summed E-state index contributed by atoms with van der Waals surface area (Å²) in [4.78, 5) is 4.33. The molecule has 2 heterocycles. The van der Waals surface area contributed by atoms with Crippen molar-refractivity contribution >= 4 is 17.0 Å². The second-order valence-electron chi connectivity index (χ2n) is 4.80. The van der Waals surface area contributed by atoms with E-state index in [0.29, 0.717) is 6.04 Å². The van der Waals surface area contributed by atoms with Crippen molar-refractivity contribution in [1.29, 1.82) is 0 Å². The Hall–Kier alpha value is -1.39. The van der Waals surface area contributed by atoms with Gasteiger partial charge in [-0.1, -0.05) is 0 Å². The van der Waals surface area contributed by atoms with Gasteiger partial charge in [0, 0.05) is 42.1 Å². The molecule has 0 spiro atoms. The van der Waals surface area contributed by atoms with E-state index in [1.54, 1.807) is 11.3 Å². The quantitative estimate of drug-likeness (QED) is 0.924. The number of anilines is 1. The summed E-state index contributed by atoms with van der Waals surface area (Å²) in [6, 6.07) is 9.08. The zero-order valence-electron chi connectivity index (χ0n) is 10.8. The summed E-state index contributed by atoms with van der Waals surface area (Å²) in [5, 5.41) is 6.68. The molecule has 19 heavy (non-hydrogen) atoms. The summed E-state index contributed by atoms with van der Waals surface area (Å²) in [6.45, 7) is 1.77. The van der Waals surface area contributed by atoms with E-state index in [0.717, 1.165) is 31.1 Å². The van der Waals surface area contributed by atoms with E-state index in [1.807, 2.05) is 11.6 Å². The predicted molar refractivity (Wildman–Crippen MR) is 79.6 cm³/mol. The first-order chi connectivity index (χ1) is 9.42. The Morgan fingerprint density at radius 2 is 2.05 bits per heavy atom. The minimum Gasteiger partial charge on any atom is -0.382 e. The van der Waals surface area contributed by atoms with Crippen LogP contribution in [0, 0.1) is 0 Å². The van der Waals surface area contributed by atoms with Crippen LogP contribution in [0.5, 0.6) is 0 Å². The van der Waals surface area contributed by atoms with Gasteiger partial charge >= 0.3 is 0 Å². The first-order valence-electron chi connectivity index (χ1n) is 6.76. The molecule has 1 aromatic heterocycles. The van der Waals surface area contributed by atoms with Crippen LogP contribution in [0.3, 0.4) is 0 Å². The number of nitrogens with zero attached hydrogens (tertiary/aromatic N) is 1. The van der Waals surface area contributed by atoms with Crippen LogP contribution in [0.15, 0.2) is 35.8 Å². The molecule has 0 aliphatic carbocycles. The molecule has 0 saturated carbocycles. The Kier molecular flexibility index (Phi) is 4.10. The summed E-state index contributed by atoms with van der Waals surface area (Å²) >= 11 is 1.67. The number of rotatable bonds is 3. The number of hydrogen-bond acceptors (Lipinski definition) is 4. The average Bonchev–Trinajstić information content (AvgIpc) is 2.86. The van der Waals surface area contributed by atoms with Crippen LogP contribution in [0.4, 0.5) is 5.69 Å². The molecule has 1 saturated heterocycles. The highest BCUT2D eigenvalue weighted by atomic mass is 32.1. The van der Waals surface area contributed by atoms with Crippen molar-refractivity contribution in [1.82, 2.24) is 4.98 Å². The van der Waals surface area contributed by atoms with E-state index in [4.69, 9.17) is 4.74 Å².